The molecule has 2 aromatic heterocycles. The van der Waals surface area contributed by atoms with E-state index in [0.29, 0.717) is 28.8 Å². The fourth-order valence-electron chi connectivity index (χ4n) is 4.38. The number of hydrogen-bond acceptors (Lipinski definition) is 4. The smallest absolute Gasteiger partial charge is 0.367 e. The first kappa shape index (κ1) is 21.0. The largest absolute Gasteiger partial charge is 0.493 e. The van der Waals surface area contributed by atoms with E-state index in [1.54, 1.807) is 6.20 Å². The predicted molar refractivity (Wildman–Crippen MR) is 133 cm³/mol. The van der Waals surface area contributed by atoms with Crippen molar-refractivity contribution < 1.29 is 4.74 Å². The van der Waals surface area contributed by atoms with E-state index in [-0.39, 0.29) is 5.69 Å². The minimum atomic E-state index is -0.316. The van der Waals surface area contributed by atoms with Gasteiger partial charge in [-0.1, -0.05) is 65.7 Å². The molecule has 0 atom stereocenters. The number of aromatic nitrogens is 4. The van der Waals surface area contributed by atoms with Gasteiger partial charge in [0.25, 0.3) is 0 Å². The average Bonchev–Trinajstić information content (AvgIpc) is 3.45. The number of para-hydroxylation sites is 1. The molecule has 168 valence electrons. The summed E-state index contributed by atoms with van der Waals surface area (Å²) in [7, 11) is 0. The minimum absolute atomic E-state index is 0.293. The highest BCUT2D eigenvalue weighted by atomic mass is 35.5. The molecule has 0 aliphatic carbocycles. The second kappa shape index (κ2) is 8.31. The van der Waals surface area contributed by atoms with Crippen molar-refractivity contribution in [3.05, 3.63) is 105 Å². The summed E-state index contributed by atoms with van der Waals surface area (Å²) in [5.41, 5.74) is 5.65. The van der Waals surface area contributed by atoms with Crippen LogP contribution >= 0.6 is 23.2 Å². The maximum absolute atomic E-state index is 13.3. The van der Waals surface area contributed by atoms with Crippen LogP contribution in [0.15, 0.2) is 77.7 Å². The molecule has 0 amide bonds. The first-order chi connectivity index (χ1) is 16.6. The summed E-state index contributed by atoms with van der Waals surface area (Å²) in [6.07, 6.45) is 2.56. The van der Waals surface area contributed by atoms with Crippen LogP contribution < -0.4 is 10.4 Å². The third-order valence-corrected chi connectivity index (χ3v) is 6.52. The standard InChI is InChI=1S/C26H18Cl2N4O2/c27-20-8-4-16(5-9-20)22-14-29-32-25(23(22)17-6-10-21(28)11-7-17)30-31(26(32)33)15-19-3-1-2-18-12-13-34-24(18)19/h1-11,14H,12-13,15H2. The third kappa shape index (κ3) is 3.56. The molecule has 0 bridgehead atoms. The number of fused-ring (bicyclic) bond motifs is 2. The van der Waals surface area contributed by atoms with Crippen LogP contribution in [0.4, 0.5) is 0 Å². The number of nitrogens with zero attached hydrogens (tertiary/aromatic N) is 4. The monoisotopic (exact) mass is 488 g/mol. The lowest BCUT2D eigenvalue weighted by atomic mass is 9.97. The Morgan fingerprint density at radius 2 is 1.62 bits per heavy atom. The van der Waals surface area contributed by atoms with Crippen LogP contribution in [0, 0.1) is 0 Å². The van der Waals surface area contributed by atoms with E-state index in [9.17, 15) is 4.79 Å². The fraction of sp³-hybridized carbons (Fsp3) is 0.115. The van der Waals surface area contributed by atoms with Crippen molar-refractivity contribution in [3.8, 4) is 28.0 Å². The number of rotatable bonds is 4. The topological polar surface area (TPSA) is 61.4 Å². The van der Waals surface area contributed by atoms with Crippen LogP contribution in [-0.4, -0.2) is 26.0 Å². The summed E-state index contributed by atoms with van der Waals surface area (Å²) < 4.78 is 8.59. The lowest BCUT2D eigenvalue weighted by molar-refractivity contribution is 0.352. The molecule has 34 heavy (non-hydrogen) atoms. The molecule has 5 aromatic rings. The molecule has 6 nitrogen and oxygen atoms in total. The summed E-state index contributed by atoms with van der Waals surface area (Å²) in [5.74, 6) is 0.846. The van der Waals surface area contributed by atoms with E-state index in [0.717, 1.165) is 45.6 Å². The molecule has 1 aliphatic rings. The van der Waals surface area contributed by atoms with Crippen molar-refractivity contribution >= 4 is 28.8 Å². The second-order valence-electron chi connectivity index (χ2n) is 8.13. The van der Waals surface area contributed by atoms with Gasteiger partial charge in [-0.2, -0.15) is 9.61 Å². The molecule has 0 saturated heterocycles. The minimum Gasteiger partial charge on any atom is -0.493 e. The fourth-order valence-corrected chi connectivity index (χ4v) is 4.63. The van der Waals surface area contributed by atoms with E-state index in [1.807, 2.05) is 60.7 Å². The van der Waals surface area contributed by atoms with Gasteiger partial charge in [0.05, 0.1) is 19.3 Å². The van der Waals surface area contributed by atoms with Crippen molar-refractivity contribution in [2.24, 2.45) is 0 Å². The summed E-state index contributed by atoms with van der Waals surface area (Å²) in [4.78, 5) is 13.3. The Hall–Kier alpha value is -3.61. The molecule has 8 heteroatoms. The first-order valence-corrected chi connectivity index (χ1v) is 11.6. The van der Waals surface area contributed by atoms with Gasteiger partial charge in [-0.25, -0.2) is 9.48 Å². The number of benzene rings is 3. The Balaban J connectivity index is 1.56. The van der Waals surface area contributed by atoms with Crippen LogP contribution in [0.1, 0.15) is 11.1 Å². The number of hydrogen-bond donors (Lipinski definition) is 0. The zero-order valence-electron chi connectivity index (χ0n) is 17.9. The van der Waals surface area contributed by atoms with Crippen molar-refractivity contribution in [1.82, 2.24) is 19.4 Å². The van der Waals surface area contributed by atoms with Crippen molar-refractivity contribution in [3.63, 3.8) is 0 Å². The highest BCUT2D eigenvalue weighted by Crippen LogP contribution is 2.35. The maximum Gasteiger partial charge on any atom is 0.367 e. The van der Waals surface area contributed by atoms with Gasteiger partial charge in [0.2, 0.25) is 0 Å². The molecule has 0 spiro atoms. The highest BCUT2D eigenvalue weighted by molar-refractivity contribution is 6.31. The van der Waals surface area contributed by atoms with Crippen molar-refractivity contribution in [2.75, 3.05) is 6.61 Å². The van der Waals surface area contributed by atoms with Gasteiger partial charge in [0.15, 0.2) is 5.65 Å². The van der Waals surface area contributed by atoms with Crippen LogP contribution in [0.25, 0.3) is 27.9 Å². The zero-order valence-corrected chi connectivity index (χ0v) is 19.4. The van der Waals surface area contributed by atoms with Crippen LogP contribution in [-0.2, 0) is 13.0 Å². The lowest BCUT2D eigenvalue weighted by Crippen LogP contribution is -2.23. The molecule has 0 unspecified atom stereocenters. The van der Waals surface area contributed by atoms with Gasteiger partial charge in [-0.15, -0.1) is 5.10 Å². The third-order valence-electron chi connectivity index (χ3n) is 6.02. The predicted octanol–water partition coefficient (Wildman–Crippen LogP) is 5.52. The summed E-state index contributed by atoms with van der Waals surface area (Å²) in [6.45, 7) is 0.945. The Labute approximate surface area is 204 Å². The summed E-state index contributed by atoms with van der Waals surface area (Å²) >= 11 is 12.3. The second-order valence-corrected chi connectivity index (χ2v) is 9.00. The SMILES string of the molecule is O=c1n(Cc2cccc3c2OCC3)nc2c(-c3ccc(Cl)cc3)c(-c3ccc(Cl)cc3)cnn12. The molecule has 0 saturated carbocycles. The first-order valence-electron chi connectivity index (χ1n) is 10.8. The van der Waals surface area contributed by atoms with Gasteiger partial charge < -0.3 is 4.74 Å². The Bertz CT molecular complexity index is 1590. The molecule has 3 heterocycles. The van der Waals surface area contributed by atoms with Gasteiger partial charge in [-0.05, 0) is 41.0 Å². The Kier molecular flexibility index (Phi) is 5.12. The summed E-state index contributed by atoms with van der Waals surface area (Å²) in [5, 5.41) is 10.4. The van der Waals surface area contributed by atoms with E-state index >= 15 is 0 Å². The van der Waals surface area contributed by atoms with E-state index in [2.05, 4.69) is 11.2 Å². The Morgan fingerprint density at radius 3 is 2.35 bits per heavy atom. The van der Waals surface area contributed by atoms with Gasteiger partial charge in [0.1, 0.15) is 5.75 Å². The van der Waals surface area contributed by atoms with Crippen molar-refractivity contribution in [1.29, 1.82) is 0 Å². The van der Waals surface area contributed by atoms with Crippen molar-refractivity contribution in [2.45, 2.75) is 13.0 Å². The van der Waals surface area contributed by atoms with E-state index in [1.165, 1.54) is 9.20 Å². The molecular weight excluding hydrogens is 471 g/mol. The molecule has 1 aliphatic heterocycles. The molecule has 0 N–H and O–H groups in total. The van der Waals surface area contributed by atoms with E-state index in [4.69, 9.17) is 33.0 Å². The lowest BCUT2D eigenvalue weighted by Gasteiger charge is -2.11. The molecular formula is C26H18Cl2N4O2. The van der Waals surface area contributed by atoms with Crippen LogP contribution in [0.3, 0.4) is 0 Å². The highest BCUT2D eigenvalue weighted by Gasteiger charge is 2.21. The van der Waals surface area contributed by atoms with E-state index < -0.39 is 0 Å². The maximum atomic E-state index is 13.3. The molecule has 6 rings (SSSR count). The Morgan fingerprint density at radius 1 is 0.912 bits per heavy atom. The number of halogens is 2. The van der Waals surface area contributed by atoms with Crippen LogP contribution in [0.2, 0.25) is 10.0 Å². The zero-order chi connectivity index (χ0) is 23.2. The van der Waals surface area contributed by atoms with Gasteiger partial charge in [-0.3, -0.25) is 0 Å². The van der Waals surface area contributed by atoms with Crippen LogP contribution in [0.5, 0.6) is 5.75 Å². The summed E-state index contributed by atoms with van der Waals surface area (Å²) in [6, 6.07) is 21.0. The molecule has 0 fully saturated rings. The number of ether oxygens (including phenoxy) is 1. The average molecular weight is 489 g/mol. The quantitative estimate of drug-likeness (QED) is 0.334. The van der Waals surface area contributed by atoms with Gasteiger partial charge in [0, 0.05) is 33.2 Å². The van der Waals surface area contributed by atoms with Gasteiger partial charge >= 0.3 is 5.69 Å². The molecule has 3 aromatic carbocycles. The normalized spacial score (nSPS) is 12.6. The molecule has 0 radical (unpaired) electrons.